The Morgan fingerprint density at radius 3 is 2.94 bits per heavy atom. The summed E-state index contributed by atoms with van der Waals surface area (Å²) in [5.74, 6) is 0.549. The Hall–Kier alpha value is -2.18. The van der Waals surface area contributed by atoms with E-state index in [0.29, 0.717) is 5.82 Å². The Kier molecular flexibility index (Phi) is 3.40. The molecule has 0 aromatic carbocycles. The number of fused-ring (bicyclic) bond motifs is 1. The Labute approximate surface area is 105 Å². The number of nitrogens with zero attached hydrogens (tertiary/aromatic N) is 4. The summed E-state index contributed by atoms with van der Waals surface area (Å²) >= 11 is 0. The molecule has 0 aliphatic carbocycles. The second-order valence-electron chi connectivity index (χ2n) is 4.30. The van der Waals surface area contributed by atoms with Gasteiger partial charge in [0.05, 0.1) is 18.1 Å². The molecular formula is C11H16N6O. The van der Waals surface area contributed by atoms with Crippen molar-refractivity contribution < 1.29 is 4.79 Å². The molecule has 2 aromatic heterocycles. The fourth-order valence-corrected chi connectivity index (χ4v) is 1.64. The Morgan fingerprint density at radius 2 is 2.22 bits per heavy atom. The molecule has 2 aromatic rings. The first kappa shape index (κ1) is 12.3. The fraction of sp³-hybridized carbons (Fsp3) is 0.455. The van der Waals surface area contributed by atoms with E-state index in [-0.39, 0.29) is 18.5 Å². The van der Waals surface area contributed by atoms with Gasteiger partial charge in [-0.25, -0.2) is 9.97 Å². The van der Waals surface area contributed by atoms with E-state index in [0.717, 1.165) is 11.0 Å². The molecule has 1 amide bonds. The van der Waals surface area contributed by atoms with E-state index in [1.807, 2.05) is 20.9 Å². The molecule has 7 heteroatoms. The van der Waals surface area contributed by atoms with E-state index in [1.165, 1.54) is 6.33 Å². The highest BCUT2D eigenvalue weighted by molar-refractivity contribution is 5.88. The molecule has 96 valence electrons. The second kappa shape index (κ2) is 4.99. The van der Waals surface area contributed by atoms with E-state index in [4.69, 9.17) is 0 Å². The van der Waals surface area contributed by atoms with Gasteiger partial charge in [-0.1, -0.05) is 0 Å². The Balaban J connectivity index is 2.10. The smallest absolute Gasteiger partial charge is 0.239 e. The number of carbonyl (C=O) groups is 1. The summed E-state index contributed by atoms with van der Waals surface area (Å²) in [6, 6.07) is 0.128. The van der Waals surface area contributed by atoms with Crippen LogP contribution in [0.2, 0.25) is 0 Å². The van der Waals surface area contributed by atoms with Gasteiger partial charge in [0.15, 0.2) is 5.65 Å². The van der Waals surface area contributed by atoms with E-state index >= 15 is 0 Å². The molecule has 0 fully saturated rings. The molecule has 0 saturated heterocycles. The molecule has 0 unspecified atom stereocenters. The molecule has 0 bridgehead atoms. The average Bonchev–Trinajstić information content (AvgIpc) is 2.68. The van der Waals surface area contributed by atoms with Crippen LogP contribution in [0, 0.1) is 0 Å². The van der Waals surface area contributed by atoms with Crippen LogP contribution in [0.25, 0.3) is 11.0 Å². The van der Waals surface area contributed by atoms with Crippen molar-refractivity contribution in [3.8, 4) is 0 Å². The predicted octanol–water partition coefficient (Wildman–Crippen LogP) is 0.300. The van der Waals surface area contributed by atoms with E-state index in [9.17, 15) is 4.79 Å². The molecule has 7 nitrogen and oxygen atoms in total. The predicted molar refractivity (Wildman–Crippen MR) is 68.1 cm³/mol. The van der Waals surface area contributed by atoms with Crippen molar-refractivity contribution in [1.29, 1.82) is 0 Å². The molecule has 0 spiro atoms. The summed E-state index contributed by atoms with van der Waals surface area (Å²) in [6.45, 7) is 4.02. The summed E-state index contributed by atoms with van der Waals surface area (Å²) in [5.41, 5.74) is 0.733. The lowest BCUT2D eigenvalue weighted by Crippen LogP contribution is -2.35. The molecule has 2 rings (SSSR count). The topological polar surface area (TPSA) is 84.7 Å². The first-order valence-corrected chi connectivity index (χ1v) is 5.74. The first-order valence-electron chi connectivity index (χ1n) is 5.74. The second-order valence-corrected chi connectivity index (χ2v) is 4.30. The van der Waals surface area contributed by atoms with Crippen LogP contribution in [0.1, 0.15) is 13.8 Å². The van der Waals surface area contributed by atoms with Crippen LogP contribution in [0.3, 0.4) is 0 Å². The number of amides is 1. The molecule has 0 radical (unpaired) electrons. The van der Waals surface area contributed by atoms with Gasteiger partial charge in [0, 0.05) is 13.1 Å². The molecule has 0 aliphatic rings. The maximum Gasteiger partial charge on any atom is 0.239 e. The van der Waals surface area contributed by atoms with Crippen LogP contribution >= 0.6 is 0 Å². The van der Waals surface area contributed by atoms with Gasteiger partial charge in [-0.3, -0.25) is 9.48 Å². The maximum atomic E-state index is 11.5. The van der Waals surface area contributed by atoms with Gasteiger partial charge in [-0.2, -0.15) is 5.10 Å². The lowest BCUT2D eigenvalue weighted by Gasteiger charge is -2.09. The lowest BCUT2D eigenvalue weighted by molar-refractivity contribution is -0.119. The summed E-state index contributed by atoms with van der Waals surface area (Å²) < 4.78 is 1.66. The van der Waals surface area contributed by atoms with Crippen LogP contribution in [0.15, 0.2) is 12.5 Å². The highest BCUT2D eigenvalue weighted by Crippen LogP contribution is 2.17. The summed E-state index contributed by atoms with van der Waals surface area (Å²) in [7, 11) is 1.81. The van der Waals surface area contributed by atoms with Gasteiger partial charge in [-0.05, 0) is 13.8 Å². The van der Waals surface area contributed by atoms with E-state index in [1.54, 1.807) is 10.9 Å². The Morgan fingerprint density at radius 1 is 1.44 bits per heavy atom. The van der Waals surface area contributed by atoms with Gasteiger partial charge in [0.25, 0.3) is 0 Å². The highest BCUT2D eigenvalue weighted by Gasteiger charge is 2.09. The van der Waals surface area contributed by atoms with Crippen LogP contribution in [0.4, 0.5) is 5.82 Å². The van der Waals surface area contributed by atoms with Crippen LogP contribution in [0.5, 0.6) is 0 Å². The molecule has 0 saturated carbocycles. The van der Waals surface area contributed by atoms with Crippen molar-refractivity contribution in [2.24, 2.45) is 7.05 Å². The number of anilines is 1. The summed E-state index contributed by atoms with van der Waals surface area (Å²) in [6.07, 6.45) is 3.13. The van der Waals surface area contributed by atoms with Crippen molar-refractivity contribution in [3.63, 3.8) is 0 Å². The normalized spacial score (nSPS) is 10.9. The SMILES string of the molecule is CC(C)NC(=O)CNc1ncnc2c1cnn2C. The minimum atomic E-state index is -0.0688. The zero-order valence-electron chi connectivity index (χ0n) is 10.6. The van der Waals surface area contributed by atoms with Crippen molar-refractivity contribution in [1.82, 2.24) is 25.1 Å². The third-order valence-electron chi connectivity index (χ3n) is 2.40. The van der Waals surface area contributed by atoms with Crippen LogP contribution < -0.4 is 10.6 Å². The average molecular weight is 248 g/mol. The van der Waals surface area contributed by atoms with E-state index < -0.39 is 0 Å². The molecule has 2 N–H and O–H groups in total. The summed E-state index contributed by atoms with van der Waals surface area (Å²) in [4.78, 5) is 19.8. The highest BCUT2D eigenvalue weighted by atomic mass is 16.1. The lowest BCUT2D eigenvalue weighted by atomic mass is 10.3. The molecule has 18 heavy (non-hydrogen) atoms. The minimum absolute atomic E-state index is 0.0688. The number of aromatic nitrogens is 4. The van der Waals surface area contributed by atoms with Gasteiger partial charge in [0.1, 0.15) is 12.1 Å². The molecule has 0 atom stereocenters. The monoisotopic (exact) mass is 248 g/mol. The quantitative estimate of drug-likeness (QED) is 0.813. The summed E-state index contributed by atoms with van der Waals surface area (Å²) in [5, 5.41) is 10.7. The van der Waals surface area contributed by atoms with Crippen molar-refractivity contribution in [3.05, 3.63) is 12.5 Å². The molecular weight excluding hydrogens is 232 g/mol. The van der Waals surface area contributed by atoms with Crippen molar-refractivity contribution in [2.45, 2.75) is 19.9 Å². The van der Waals surface area contributed by atoms with Gasteiger partial charge in [-0.15, -0.1) is 0 Å². The number of hydrogen-bond acceptors (Lipinski definition) is 5. The number of carbonyl (C=O) groups excluding carboxylic acids is 1. The zero-order chi connectivity index (χ0) is 13.1. The van der Waals surface area contributed by atoms with Crippen molar-refractivity contribution >= 4 is 22.8 Å². The third kappa shape index (κ3) is 2.55. The molecule has 0 aliphatic heterocycles. The fourth-order valence-electron chi connectivity index (χ4n) is 1.64. The van der Waals surface area contributed by atoms with Crippen LogP contribution in [-0.2, 0) is 11.8 Å². The van der Waals surface area contributed by atoms with Gasteiger partial charge in [0.2, 0.25) is 5.91 Å². The first-order chi connectivity index (χ1) is 8.58. The van der Waals surface area contributed by atoms with Gasteiger partial charge < -0.3 is 10.6 Å². The number of nitrogens with one attached hydrogen (secondary N) is 2. The standard InChI is InChI=1S/C11H16N6O/c1-7(2)16-9(18)5-12-10-8-4-15-17(3)11(8)14-6-13-10/h4,6-7H,5H2,1-3H3,(H,16,18)(H,12,13,14). The minimum Gasteiger partial charge on any atom is -0.360 e. The van der Waals surface area contributed by atoms with Crippen molar-refractivity contribution in [2.75, 3.05) is 11.9 Å². The van der Waals surface area contributed by atoms with Gasteiger partial charge >= 0.3 is 0 Å². The number of rotatable bonds is 4. The Bertz CT molecular complexity index is 562. The third-order valence-corrected chi connectivity index (χ3v) is 2.40. The number of aryl methyl sites for hydroxylation is 1. The van der Waals surface area contributed by atoms with Crippen LogP contribution in [-0.4, -0.2) is 38.2 Å². The maximum absolute atomic E-state index is 11.5. The van der Waals surface area contributed by atoms with E-state index in [2.05, 4.69) is 25.7 Å². The largest absolute Gasteiger partial charge is 0.360 e. The number of hydrogen-bond donors (Lipinski definition) is 2. The zero-order valence-corrected chi connectivity index (χ0v) is 10.6. The molecule has 2 heterocycles.